The van der Waals surface area contributed by atoms with E-state index in [2.05, 4.69) is 15.1 Å². The fraction of sp³-hybridized carbons (Fsp3) is 0.0909. The third-order valence-electron chi connectivity index (χ3n) is 2.38. The molecule has 17 heavy (non-hydrogen) atoms. The quantitative estimate of drug-likeness (QED) is 0.678. The fourth-order valence-corrected chi connectivity index (χ4v) is 2.45. The Balaban J connectivity index is 1.95. The first-order valence-electron chi connectivity index (χ1n) is 5.12. The van der Waals surface area contributed by atoms with E-state index < -0.39 is 0 Å². The summed E-state index contributed by atoms with van der Waals surface area (Å²) < 4.78 is 1.77. The smallest absolute Gasteiger partial charge is 0.171 e. The number of nitrogens with one attached hydrogen (secondary N) is 1. The molecule has 0 spiro atoms. The molecule has 0 atom stereocenters. The zero-order valence-electron chi connectivity index (χ0n) is 9.21. The lowest BCUT2D eigenvalue weighted by molar-refractivity contribution is 0.766. The monoisotopic (exact) mass is 245 g/mol. The molecule has 0 unspecified atom stereocenters. The van der Waals surface area contributed by atoms with E-state index in [4.69, 9.17) is 5.73 Å². The summed E-state index contributed by atoms with van der Waals surface area (Å²) in [6.07, 6.45) is 3.76. The van der Waals surface area contributed by atoms with E-state index in [0.29, 0.717) is 0 Å². The van der Waals surface area contributed by atoms with Crippen LogP contribution in [0.3, 0.4) is 0 Å². The topological polar surface area (TPSA) is 72.5 Å². The zero-order chi connectivity index (χ0) is 11.8. The lowest BCUT2D eigenvalue weighted by atomic mass is 10.3. The van der Waals surface area contributed by atoms with Gasteiger partial charge >= 0.3 is 0 Å². The lowest BCUT2D eigenvalue weighted by Gasteiger charge is -1.90. The second-order valence-corrected chi connectivity index (χ2v) is 4.83. The van der Waals surface area contributed by atoms with Gasteiger partial charge in [0.2, 0.25) is 0 Å². The van der Waals surface area contributed by atoms with Gasteiger partial charge in [-0.05, 0) is 30.0 Å². The van der Waals surface area contributed by atoms with Gasteiger partial charge in [0, 0.05) is 18.9 Å². The molecule has 0 radical (unpaired) electrons. The molecule has 0 bridgehead atoms. The van der Waals surface area contributed by atoms with Crippen LogP contribution in [0.1, 0.15) is 0 Å². The Kier molecular flexibility index (Phi) is 2.29. The van der Waals surface area contributed by atoms with Crippen molar-refractivity contribution in [3.8, 4) is 0 Å². The maximum Gasteiger partial charge on any atom is 0.171 e. The van der Waals surface area contributed by atoms with Crippen LogP contribution in [0.15, 0.2) is 40.6 Å². The van der Waals surface area contributed by atoms with Crippen molar-refractivity contribution in [3.05, 3.63) is 30.6 Å². The average Bonchev–Trinajstić information content (AvgIpc) is 2.84. The van der Waals surface area contributed by atoms with Crippen LogP contribution in [0.2, 0.25) is 0 Å². The molecule has 3 N–H and O–H groups in total. The van der Waals surface area contributed by atoms with E-state index in [9.17, 15) is 0 Å². The highest BCUT2D eigenvalue weighted by Crippen LogP contribution is 2.27. The van der Waals surface area contributed by atoms with Crippen LogP contribution in [0.4, 0.5) is 5.69 Å². The molecule has 2 heterocycles. The van der Waals surface area contributed by atoms with Crippen molar-refractivity contribution in [2.45, 2.75) is 10.1 Å². The van der Waals surface area contributed by atoms with Crippen LogP contribution in [0, 0.1) is 0 Å². The molecule has 0 fully saturated rings. The van der Waals surface area contributed by atoms with Gasteiger partial charge < -0.3 is 10.7 Å². The number of hydrogen-bond acceptors (Lipinski definition) is 4. The lowest BCUT2D eigenvalue weighted by Crippen LogP contribution is -1.83. The summed E-state index contributed by atoms with van der Waals surface area (Å²) in [6, 6.07) is 5.64. The predicted octanol–water partition coefficient (Wildman–Crippen LogP) is 2.03. The molecule has 0 aliphatic heterocycles. The minimum atomic E-state index is 0.735. The Hall–Kier alpha value is -1.95. The minimum Gasteiger partial charge on any atom is -0.399 e. The molecule has 5 nitrogen and oxygen atoms in total. The first kappa shape index (κ1) is 10.2. The van der Waals surface area contributed by atoms with Crippen LogP contribution in [-0.4, -0.2) is 19.7 Å². The van der Waals surface area contributed by atoms with Crippen LogP contribution in [0.5, 0.6) is 0 Å². The molecule has 86 valence electrons. The van der Waals surface area contributed by atoms with E-state index in [1.165, 1.54) is 0 Å². The number of aromatic amines is 1. The minimum absolute atomic E-state index is 0.735. The Morgan fingerprint density at radius 1 is 1.41 bits per heavy atom. The summed E-state index contributed by atoms with van der Waals surface area (Å²) in [6.45, 7) is 0. The third kappa shape index (κ3) is 1.99. The van der Waals surface area contributed by atoms with Gasteiger partial charge in [0.05, 0.1) is 22.1 Å². The van der Waals surface area contributed by atoms with Crippen LogP contribution in [-0.2, 0) is 7.05 Å². The number of rotatable bonds is 2. The van der Waals surface area contributed by atoms with Crippen LogP contribution < -0.4 is 5.73 Å². The average molecular weight is 245 g/mol. The zero-order valence-corrected chi connectivity index (χ0v) is 10.0. The fourth-order valence-electron chi connectivity index (χ4n) is 1.62. The Morgan fingerprint density at radius 3 is 3.06 bits per heavy atom. The highest BCUT2D eigenvalue weighted by Gasteiger charge is 2.05. The van der Waals surface area contributed by atoms with E-state index in [1.54, 1.807) is 16.4 Å². The molecule has 2 aromatic heterocycles. The molecular formula is C11H11N5S. The highest BCUT2D eigenvalue weighted by molar-refractivity contribution is 7.99. The van der Waals surface area contributed by atoms with Crippen molar-refractivity contribution in [1.29, 1.82) is 0 Å². The number of nitrogens with zero attached hydrogens (tertiary/aromatic N) is 3. The standard InChI is InChI=1S/C11H11N5S/c1-16-6-8(5-13-16)17-11-14-9-3-2-7(12)4-10(9)15-11/h2-6H,12H2,1H3,(H,14,15). The summed E-state index contributed by atoms with van der Waals surface area (Å²) in [5.74, 6) is 0. The first-order chi connectivity index (χ1) is 8.20. The Bertz CT molecular complexity index is 669. The predicted molar refractivity (Wildman–Crippen MR) is 67.8 cm³/mol. The molecule has 6 heteroatoms. The third-order valence-corrected chi connectivity index (χ3v) is 3.21. The number of benzene rings is 1. The van der Waals surface area contributed by atoms with Gasteiger partial charge in [-0.2, -0.15) is 5.10 Å². The van der Waals surface area contributed by atoms with Crippen LogP contribution >= 0.6 is 11.8 Å². The van der Waals surface area contributed by atoms with Gasteiger partial charge in [-0.15, -0.1) is 0 Å². The van der Waals surface area contributed by atoms with Gasteiger partial charge in [-0.3, -0.25) is 4.68 Å². The van der Waals surface area contributed by atoms with E-state index >= 15 is 0 Å². The molecule has 0 saturated carbocycles. The number of nitrogens with two attached hydrogens (primary N) is 1. The van der Waals surface area contributed by atoms with E-state index in [1.807, 2.05) is 37.6 Å². The molecule has 0 aliphatic carbocycles. The molecule has 3 rings (SSSR count). The molecular weight excluding hydrogens is 234 g/mol. The van der Waals surface area contributed by atoms with Crippen molar-refractivity contribution < 1.29 is 0 Å². The maximum absolute atomic E-state index is 5.72. The number of nitrogen functional groups attached to an aromatic ring is 1. The Morgan fingerprint density at radius 2 is 2.29 bits per heavy atom. The van der Waals surface area contributed by atoms with Crippen molar-refractivity contribution in [3.63, 3.8) is 0 Å². The van der Waals surface area contributed by atoms with Gasteiger partial charge in [-0.1, -0.05) is 0 Å². The maximum atomic E-state index is 5.72. The van der Waals surface area contributed by atoms with Gasteiger partial charge in [0.1, 0.15) is 0 Å². The number of aryl methyl sites for hydroxylation is 1. The first-order valence-corrected chi connectivity index (χ1v) is 5.94. The summed E-state index contributed by atoms with van der Waals surface area (Å²) in [4.78, 5) is 8.76. The largest absolute Gasteiger partial charge is 0.399 e. The van der Waals surface area contributed by atoms with E-state index in [0.717, 1.165) is 26.8 Å². The van der Waals surface area contributed by atoms with E-state index in [-0.39, 0.29) is 0 Å². The molecule has 0 saturated heterocycles. The Labute approximate surface area is 102 Å². The second-order valence-electron chi connectivity index (χ2n) is 3.77. The number of imidazole rings is 1. The molecule has 0 aliphatic rings. The van der Waals surface area contributed by atoms with Crippen LogP contribution in [0.25, 0.3) is 11.0 Å². The summed E-state index contributed by atoms with van der Waals surface area (Å²) >= 11 is 1.55. The summed E-state index contributed by atoms with van der Waals surface area (Å²) in [5, 5.41) is 4.96. The van der Waals surface area contributed by atoms with Gasteiger partial charge in [0.25, 0.3) is 0 Å². The van der Waals surface area contributed by atoms with Gasteiger partial charge in [-0.25, -0.2) is 4.98 Å². The highest BCUT2D eigenvalue weighted by atomic mass is 32.2. The molecule has 0 amide bonds. The summed E-state index contributed by atoms with van der Waals surface area (Å²) in [7, 11) is 1.89. The normalized spacial score (nSPS) is 11.1. The number of fused-ring (bicyclic) bond motifs is 1. The summed E-state index contributed by atoms with van der Waals surface area (Å²) in [5.41, 5.74) is 8.33. The SMILES string of the molecule is Cn1cc(Sc2nc3ccc(N)cc3[nH]2)cn1. The van der Waals surface area contributed by atoms with Crippen molar-refractivity contribution in [2.24, 2.45) is 7.05 Å². The van der Waals surface area contributed by atoms with Crippen molar-refractivity contribution in [1.82, 2.24) is 19.7 Å². The molecule has 1 aromatic carbocycles. The van der Waals surface area contributed by atoms with Crippen molar-refractivity contribution in [2.75, 3.05) is 5.73 Å². The number of H-pyrrole nitrogens is 1. The van der Waals surface area contributed by atoms with Gasteiger partial charge in [0.15, 0.2) is 5.16 Å². The molecule has 3 aromatic rings. The number of anilines is 1. The van der Waals surface area contributed by atoms with Crippen molar-refractivity contribution >= 4 is 28.5 Å². The second kappa shape index (κ2) is 3.81. The number of aromatic nitrogens is 4. The number of hydrogen-bond donors (Lipinski definition) is 2.